The summed E-state index contributed by atoms with van der Waals surface area (Å²) in [5, 5.41) is 1.77. The molecule has 0 atom stereocenters. The van der Waals surface area contributed by atoms with Crippen molar-refractivity contribution in [3.8, 4) is 0 Å². The van der Waals surface area contributed by atoms with Crippen LogP contribution in [0, 0.1) is 6.92 Å². The van der Waals surface area contributed by atoms with Crippen LogP contribution in [-0.2, 0) is 6.42 Å². The summed E-state index contributed by atoms with van der Waals surface area (Å²) in [5.41, 5.74) is 4.26. The van der Waals surface area contributed by atoms with Crippen LogP contribution in [0.1, 0.15) is 11.3 Å². The van der Waals surface area contributed by atoms with E-state index in [1.54, 1.807) is 12.5 Å². The Morgan fingerprint density at radius 3 is 2.95 bits per heavy atom. The molecule has 0 fully saturated rings. The van der Waals surface area contributed by atoms with E-state index in [4.69, 9.17) is 11.6 Å². The van der Waals surface area contributed by atoms with Crippen LogP contribution in [0.5, 0.6) is 0 Å². The number of hydrogen-bond donors (Lipinski definition) is 0. The lowest BCUT2D eigenvalue weighted by Gasteiger charge is -2.20. The average Bonchev–Trinajstić information content (AvgIpc) is 2.89. The topological polar surface area (TPSA) is 41.9 Å². The van der Waals surface area contributed by atoms with Gasteiger partial charge in [-0.1, -0.05) is 17.7 Å². The molecule has 0 amide bonds. The van der Waals surface area contributed by atoms with Crippen molar-refractivity contribution in [1.29, 1.82) is 0 Å². The van der Waals surface area contributed by atoms with Crippen molar-refractivity contribution in [3.63, 3.8) is 0 Å². The van der Waals surface area contributed by atoms with Crippen LogP contribution in [0.4, 0.5) is 11.5 Å². The summed E-state index contributed by atoms with van der Waals surface area (Å²) in [6.45, 7) is 2.88. The standard InChI is InChI=1S/C16H13ClN4/c1-10-6-13-14(8-18-10)19-9-20-16(13)21-5-4-11-2-3-12(17)7-15(11)21/h2-3,6-9H,4-5H2,1H3. The fourth-order valence-corrected chi connectivity index (χ4v) is 3.00. The molecule has 3 aromatic rings. The molecule has 1 aromatic carbocycles. The van der Waals surface area contributed by atoms with Gasteiger partial charge >= 0.3 is 0 Å². The van der Waals surface area contributed by atoms with E-state index in [2.05, 4.69) is 25.9 Å². The van der Waals surface area contributed by atoms with Crippen LogP contribution in [-0.4, -0.2) is 21.5 Å². The van der Waals surface area contributed by atoms with Crippen molar-refractivity contribution >= 4 is 34.0 Å². The minimum Gasteiger partial charge on any atom is -0.325 e. The maximum atomic E-state index is 6.15. The molecule has 0 N–H and O–H groups in total. The lowest BCUT2D eigenvalue weighted by atomic mass is 10.2. The van der Waals surface area contributed by atoms with E-state index in [9.17, 15) is 0 Å². The van der Waals surface area contributed by atoms with E-state index in [-0.39, 0.29) is 0 Å². The lowest BCUT2D eigenvalue weighted by Crippen LogP contribution is -2.15. The van der Waals surface area contributed by atoms with E-state index >= 15 is 0 Å². The van der Waals surface area contributed by atoms with Gasteiger partial charge in [0.2, 0.25) is 0 Å². The number of benzene rings is 1. The largest absolute Gasteiger partial charge is 0.325 e. The molecule has 0 spiro atoms. The smallest absolute Gasteiger partial charge is 0.144 e. The first-order valence-electron chi connectivity index (χ1n) is 6.86. The SMILES string of the molecule is Cc1cc2c(N3CCc4ccc(Cl)cc43)ncnc2cn1. The van der Waals surface area contributed by atoms with Crippen LogP contribution >= 0.6 is 11.6 Å². The van der Waals surface area contributed by atoms with Gasteiger partial charge in [-0.15, -0.1) is 0 Å². The van der Waals surface area contributed by atoms with Crippen molar-refractivity contribution in [2.75, 3.05) is 11.4 Å². The number of anilines is 2. The molecule has 2 aromatic heterocycles. The number of pyridine rings is 1. The number of hydrogen-bond acceptors (Lipinski definition) is 4. The molecule has 1 aliphatic rings. The maximum Gasteiger partial charge on any atom is 0.144 e. The fraction of sp³-hybridized carbons (Fsp3) is 0.188. The molecule has 3 heterocycles. The molecule has 4 rings (SSSR count). The minimum atomic E-state index is 0.747. The van der Waals surface area contributed by atoms with Gasteiger partial charge in [0.05, 0.1) is 11.7 Å². The van der Waals surface area contributed by atoms with Gasteiger partial charge in [-0.2, -0.15) is 0 Å². The number of rotatable bonds is 1. The average molecular weight is 297 g/mol. The van der Waals surface area contributed by atoms with Crippen molar-refractivity contribution < 1.29 is 0 Å². The monoisotopic (exact) mass is 296 g/mol. The van der Waals surface area contributed by atoms with E-state index in [1.165, 1.54) is 5.56 Å². The Morgan fingerprint density at radius 1 is 1.14 bits per heavy atom. The highest BCUT2D eigenvalue weighted by Crippen LogP contribution is 2.37. The first-order chi connectivity index (χ1) is 10.2. The van der Waals surface area contributed by atoms with Crippen LogP contribution < -0.4 is 4.90 Å². The zero-order chi connectivity index (χ0) is 14.4. The highest BCUT2D eigenvalue weighted by Gasteiger charge is 2.23. The first-order valence-corrected chi connectivity index (χ1v) is 7.23. The zero-order valence-corrected chi connectivity index (χ0v) is 12.3. The molecule has 0 saturated heterocycles. The Balaban J connectivity index is 1.93. The summed E-state index contributed by atoms with van der Waals surface area (Å²) in [5.74, 6) is 0.923. The van der Waals surface area contributed by atoms with Crippen LogP contribution in [0.25, 0.3) is 10.9 Å². The molecular formula is C16H13ClN4. The van der Waals surface area contributed by atoms with Crippen LogP contribution in [0.3, 0.4) is 0 Å². The molecule has 4 nitrogen and oxygen atoms in total. The predicted octanol–water partition coefficient (Wildman–Crippen LogP) is 3.68. The predicted molar refractivity (Wildman–Crippen MR) is 84.2 cm³/mol. The van der Waals surface area contributed by atoms with Gasteiger partial charge < -0.3 is 4.90 Å². The zero-order valence-electron chi connectivity index (χ0n) is 11.5. The van der Waals surface area contributed by atoms with Crippen molar-refractivity contribution in [2.45, 2.75) is 13.3 Å². The molecule has 0 saturated carbocycles. The second kappa shape index (κ2) is 4.67. The summed E-state index contributed by atoms with van der Waals surface area (Å²) in [4.78, 5) is 15.3. The molecule has 21 heavy (non-hydrogen) atoms. The van der Waals surface area contributed by atoms with Gasteiger partial charge in [-0.05, 0) is 37.1 Å². The van der Waals surface area contributed by atoms with Crippen LogP contribution in [0.15, 0.2) is 36.8 Å². The first kappa shape index (κ1) is 12.5. The van der Waals surface area contributed by atoms with Gasteiger partial charge in [0.15, 0.2) is 0 Å². The molecule has 5 heteroatoms. The lowest BCUT2D eigenvalue weighted by molar-refractivity contribution is 0.973. The van der Waals surface area contributed by atoms with E-state index in [1.807, 2.05) is 25.1 Å². The van der Waals surface area contributed by atoms with Crippen molar-refractivity contribution in [3.05, 3.63) is 53.1 Å². The Bertz CT molecular complexity index is 847. The number of aromatic nitrogens is 3. The maximum absolute atomic E-state index is 6.15. The molecular weight excluding hydrogens is 284 g/mol. The molecule has 1 aliphatic heterocycles. The number of fused-ring (bicyclic) bond motifs is 2. The van der Waals surface area contributed by atoms with E-state index in [0.29, 0.717) is 0 Å². The minimum absolute atomic E-state index is 0.747. The Labute approximate surface area is 127 Å². The molecule has 0 unspecified atom stereocenters. The van der Waals surface area contributed by atoms with Crippen molar-refractivity contribution in [2.24, 2.45) is 0 Å². The normalized spacial score (nSPS) is 13.7. The van der Waals surface area contributed by atoms with E-state index in [0.717, 1.165) is 46.1 Å². The summed E-state index contributed by atoms with van der Waals surface area (Å²) in [6, 6.07) is 8.07. The van der Waals surface area contributed by atoms with Gasteiger partial charge in [-0.25, -0.2) is 9.97 Å². The summed E-state index contributed by atoms with van der Waals surface area (Å²) >= 11 is 6.15. The summed E-state index contributed by atoms with van der Waals surface area (Å²) in [6.07, 6.45) is 4.39. The summed E-state index contributed by atoms with van der Waals surface area (Å²) in [7, 11) is 0. The van der Waals surface area contributed by atoms with Gasteiger partial charge in [0.1, 0.15) is 12.1 Å². The number of nitrogens with zero attached hydrogens (tertiary/aromatic N) is 4. The molecule has 0 radical (unpaired) electrons. The molecule has 0 bridgehead atoms. The fourth-order valence-electron chi connectivity index (χ4n) is 2.84. The van der Waals surface area contributed by atoms with Crippen molar-refractivity contribution in [1.82, 2.24) is 15.0 Å². The highest BCUT2D eigenvalue weighted by atomic mass is 35.5. The third-order valence-electron chi connectivity index (χ3n) is 3.84. The number of halogens is 1. The molecule has 0 aliphatic carbocycles. The van der Waals surface area contributed by atoms with Crippen LogP contribution in [0.2, 0.25) is 5.02 Å². The van der Waals surface area contributed by atoms with Gasteiger partial charge in [0.25, 0.3) is 0 Å². The Hall–Kier alpha value is -2.20. The summed E-state index contributed by atoms with van der Waals surface area (Å²) < 4.78 is 0. The Morgan fingerprint density at radius 2 is 2.05 bits per heavy atom. The number of aryl methyl sites for hydroxylation is 1. The quantitative estimate of drug-likeness (QED) is 0.687. The molecule has 104 valence electrons. The van der Waals surface area contributed by atoms with E-state index < -0.39 is 0 Å². The van der Waals surface area contributed by atoms with Gasteiger partial charge in [-0.3, -0.25) is 4.98 Å². The highest BCUT2D eigenvalue weighted by molar-refractivity contribution is 6.31. The second-order valence-electron chi connectivity index (χ2n) is 5.21. The second-order valence-corrected chi connectivity index (χ2v) is 5.65. The van der Waals surface area contributed by atoms with Gasteiger partial charge in [0, 0.05) is 28.3 Å². The Kier molecular flexibility index (Phi) is 2.79. The third-order valence-corrected chi connectivity index (χ3v) is 4.07. The third kappa shape index (κ3) is 2.03.